The van der Waals surface area contributed by atoms with E-state index in [0.29, 0.717) is 36.4 Å². The first-order chi connectivity index (χ1) is 16.5. The number of benzene rings is 3. The summed E-state index contributed by atoms with van der Waals surface area (Å²) in [5, 5.41) is 2.99. The lowest BCUT2D eigenvalue weighted by atomic mass is 9.87. The van der Waals surface area contributed by atoms with Crippen molar-refractivity contribution in [3.63, 3.8) is 0 Å². The van der Waals surface area contributed by atoms with Crippen LogP contribution < -0.4 is 11.1 Å². The molecular formula is C30H37N3O2. The fourth-order valence-corrected chi connectivity index (χ4v) is 3.84. The number of amides is 2. The SMILES string of the molecule is CC(C)(CN)CN(Cc1cccc(NC(=O)c2ccc(C(C)(C)C)cc2)c1)C(=O)c1ccccc1. The predicted molar refractivity (Wildman–Crippen MR) is 144 cm³/mol. The molecule has 0 spiro atoms. The Morgan fingerprint density at radius 2 is 1.49 bits per heavy atom. The lowest BCUT2D eigenvalue weighted by Gasteiger charge is -2.32. The molecule has 0 saturated heterocycles. The molecule has 0 aromatic heterocycles. The van der Waals surface area contributed by atoms with Gasteiger partial charge in [0.05, 0.1) is 0 Å². The summed E-state index contributed by atoms with van der Waals surface area (Å²) < 4.78 is 0. The van der Waals surface area contributed by atoms with E-state index in [1.165, 1.54) is 5.56 Å². The van der Waals surface area contributed by atoms with Crippen molar-refractivity contribution in [2.45, 2.75) is 46.6 Å². The van der Waals surface area contributed by atoms with Gasteiger partial charge in [0.15, 0.2) is 0 Å². The Hall–Kier alpha value is -3.44. The summed E-state index contributed by atoms with van der Waals surface area (Å²) in [7, 11) is 0. The van der Waals surface area contributed by atoms with Crippen LogP contribution in [0.1, 0.15) is 66.5 Å². The topological polar surface area (TPSA) is 75.4 Å². The van der Waals surface area contributed by atoms with Gasteiger partial charge in [0.25, 0.3) is 11.8 Å². The molecule has 3 aromatic rings. The van der Waals surface area contributed by atoms with E-state index in [1.807, 2.05) is 83.8 Å². The highest BCUT2D eigenvalue weighted by molar-refractivity contribution is 6.04. The summed E-state index contributed by atoms with van der Waals surface area (Å²) in [4.78, 5) is 28.0. The van der Waals surface area contributed by atoms with Crippen LogP contribution in [-0.2, 0) is 12.0 Å². The zero-order valence-electron chi connectivity index (χ0n) is 21.5. The summed E-state index contributed by atoms with van der Waals surface area (Å²) in [6, 6.07) is 24.6. The van der Waals surface area contributed by atoms with Gasteiger partial charge in [-0.25, -0.2) is 0 Å². The molecule has 0 radical (unpaired) electrons. The van der Waals surface area contributed by atoms with Crippen molar-refractivity contribution in [3.8, 4) is 0 Å². The molecule has 3 N–H and O–H groups in total. The smallest absolute Gasteiger partial charge is 0.255 e. The highest BCUT2D eigenvalue weighted by atomic mass is 16.2. The Morgan fingerprint density at radius 3 is 2.09 bits per heavy atom. The van der Waals surface area contributed by atoms with Gasteiger partial charge in [0.1, 0.15) is 0 Å². The number of anilines is 1. The Labute approximate surface area is 209 Å². The lowest BCUT2D eigenvalue weighted by Crippen LogP contribution is -2.41. The van der Waals surface area contributed by atoms with E-state index >= 15 is 0 Å². The maximum atomic E-state index is 13.3. The van der Waals surface area contributed by atoms with Gasteiger partial charge in [-0.1, -0.05) is 77.1 Å². The van der Waals surface area contributed by atoms with Crippen molar-refractivity contribution in [3.05, 3.63) is 101 Å². The minimum absolute atomic E-state index is 0.0326. The molecule has 184 valence electrons. The third kappa shape index (κ3) is 7.27. The van der Waals surface area contributed by atoms with Gasteiger partial charge in [-0.2, -0.15) is 0 Å². The molecule has 0 aliphatic rings. The molecule has 0 aliphatic heterocycles. The molecule has 2 amide bonds. The van der Waals surface area contributed by atoms with Gasteiger partial charge in [0, 0.05) is 29.9 Å². The molecule has 5 heteroatoms. The highest BCUT2D eigenvalue weighted by Crippen LogP contribution is 2.23. The van der Waals surface area contributed by atoms with E-state index in [-0.39, 0.29) is 22.6 Å². The highest BCUT2D eigenvalue weighted by Gasteiger charge is 2.25. The van der Waals surface area contributed by atoms with Crippen LogP contribution in [0.3, 0.4) is 0 Å². The molecule has 3 rings (SSSR count). The van der Waals surface area contributed by atoms with Crippen molar-refractivity contribution in [2.75, 3.05) is 18.4 Å². The first kappa shape index (κ1) is 26.2. The Morgan fingerprint density at radius 1 is 0.829 bits per heavy atom. The number of hydrogen-bond donors (Lipinski definition) is 2. The third-order valence-electron chi connectivity index (χ3n) is 6.05. The van der Waals surface area contributed by atoms with Crippen molar-refractivity contribution < 1.29 is 9.59 Å². The Balaban J connectivity index is 1.77. The van der Waals surface area contributed by atoms with Crippen molar-refractivity contribution in [1.29, 1.82) is 0 Å². The van der Waals surface area contributed by atoms with Crippen LogP contribution in [-0.4, -0.2) is 29.8 Å². The first-order valence-electron chi connectivity index (χ1n) is 12.0. The second-order valence-electron chi connectivity index (χ2n) is 10.9. The molecule has 0 bridgehead atoms. The van der Waals surface area contributed by atoms with Gasteiger partial charge in [-0.15, -0.1) is 0 Å². The summed E-state index contributed by atoms with van der Waals surface area (Å²) in [6.45, 7) is 12.0. The second-order valence-corrected chi connectivity index (χ2v) is 10.9. The van der Waals surface area contributed by atoms with Gasteiger partial charge in [-0.05, 0) is 64.9 Å². The molecule has 0 fully saturated rings. The number of carbonyl (C=O) groups excluding carboxylic acids is 2. The molecular weight excluding hydrogens is 434 g/mol. The summed E-state index contributed by atoms with van der Waals surface area (Å²) in [5.41, 5.74) is 9.83. The molecule has 5 nitrogen and oxygen atoms in total. The normalized spacial score (nSPS) is 11.7. The van der Waals surface area contributed by atoms with Gasteiger partial charge < -0.3 is 16.0 Å². The fraction of sp³-hybridized carbons (Fsp3) is 0.333. The Bertz CT molecular complexity index is 1150. The summed E-state index contributed by atoms with van der Waals surface area (Å²) >= 11 is 0. The first-order valence-corrected chi connectivity index (χ1v) is 12.0. The lowest BCUT2D eigenvalue weighted by molar-refractivity contribution is 0.0673. The average Bonchev–Trinajstić information content (AvgIpc) is 2.83. The van der Waals surface area contributed by atoms with Crippen LogP contribution >= 0.6 is 0 Å². The molecule has 0 atom stereocenters. The maximum absolute atomic E-state index is 13.3. The van der Waals surface area contributed by atoms with Crippen LogP contribution in [0, 0.1) is 5.41 Å². The zero-order chi connectivity index (χ0) is 25.6. The second kappa shape index (κ2) is 10.9. The van der Waals surface area contributed by atoms with Crippen molar-refractivity contribution in [1.82, 2.24) is 4.90 Å². The van der Waals surface area contributed by atoms with Crippen LogP contribution in [0.25, 0.3) is 0 Å². The quantitative estimate of drug-likeness (QED) is 0.432. The van der Waals surface area contributed by atoms with E-state index in [2.05, 4.69) is 39.9 Å². The van der Waals surface area contributed by atoms with Gasteiger partial charge in [0.2, 0.25) is 0 Å². The Kier molecular flexibility index (Phi) is 8.13. The number of hydrogen-bond acceptors (Lipinski definition) is 3. The van der Waals surface area contributed by atoms with E-state index in [4.69, 9.17) is 5.73 Å². The molecule has 0 saturated carbocycles. The number of nitrogens with zero attached hydrogens (tertiary/aromatic N) is 1. The minimum atomic E-state index is -0.227. The molecule has 3 aromatic carbocycles. The summed E-state index contributed by atoms with van der Waals surface area (Å²) in [5.74, 6) is -0.204. The van der Waals surface area contributed by atoms with Crippen LogP contribution in [0.5, 0.6) is 0 Å². The molecule has 0 aliphatic carbocycles. The standard InChI is InChI=1S/C30H37N3O2/c1-29(2,3)25-16-14-23(15-17-25)27(34)32-26-13-9-10-22(18-26)19-33(21-30(4,5)20-31)28(35)24-11-7-6-8-12-24/h6-18H,19-21,31H2,1-5H3,(H,32,34). The van der Waals surface area contributed by atoms with Crippen molar-refractivity contribution >= 4 is 17.5 Å². The molecule has 0 heterocycles. The molecule has 0 unspecified atom stereocenters. The predicted octanol–water partition coefficient (Wildman–Crippen LogP) is 5.86. The van der Waals surface area contributed by atoms with Crippen LogP contribution in [0.15, 0.2) is 78.9 Å². The number of rotatable bonds is 8. The minimum Gasteiger partial charge on any atom is -0.334 e. The fourth-order valence-electron chi connectivity index (χ4n) is 3.84. The van der Waals surface area contributed by atoms with Crippen LogP contribution in [0.4, 0.5) is 5.69 Å². The maximum Gasteiger partial charge on any atom is 0.255 e. The largest absolute Gasteiger partial charge is 0.334 e. The van der Waals surface area contributed by atoms with Gasteiger partial charge in [-0.3, -0.25) is 9.59 Å². The summed E-state index contributed by atoms with van der Waals surface area (Å²) in [6.07, 6.45) is 0. The molecule has 35 heavy (non-hydrogen) atoms. The number of nitrogens with one attached hydrogen (secondary N) is 1. The zero-order valence-corrected chi connectivity index (χ0v) is 21.5. The van der Waals surface area contributed by atoms with Crippen molar-refractivity contribution in [2.24, 2.45) is 11.1 Å². The van der Waals surface area contributed by atoms with E-state index < -0.39 is 0 Å². The van der Waals surface area contributed by atoms with E-state index in [9.17, 15) is 9.59 Å². The number of carbonyl (C=O) groups is 2. The number of nitrogens with two attached hydrogens (primary N) is 1. The third-order valence-corrected chi connectivity index (χ3v) is 6.05. The average molecular weight is 472 g/mol. The van der Waals surface area contributed by atoms with E-state index in [0.717, 1.165) is 5.56 Å². The van der Waals surface area contributed by atoms with Gasteiger partial charge >= 0.3 is 0 Å². The van der Waals surface area contributed by atoms with Crippen LogP contribution in [0.2, 0.25) is 0 Å². The monoisotopic (exact) mass is 471 g/mol. The van der Waals surface area contributed by atoms with E-state index in [1.54, 1.807) is 0 Å².